The van der Waals surface area contributed by atoms with Gasteiger partial charge in [-0.2, -0.15) is 0 Å². The number of thioether (sulfide) groups is 1. The average Bonchev–Trinajstić information content (AvgIpc) is 2.45. The van der Waals surface area contributed by atoms with Gasteiger partial charge in [0.1, 0.15) is 0 Å². The van der Waals surface area contributed by atoms with Crippen LogP contribution in [0, 0.1) is 6.92 Å². The number of aromatic nitrogens is 1. The number of benzene rings is 1. The zero-order valence-electron chi connectivity index (χ0n) is 11.2. The third-order valence-corrected chi connectivity index (χ3v) is 3.91. The van der Waals surface area contributed by atoms with E-state index in [9.17, 15) is 4.79 Å². The normalized spacial score (nSPS) is 10.4. The molecule has 1 heterocycles. The van der Waals surface area contributed by atoms with Crippen molar-refractivity contribution in [1.82, 2.24) is 4.98 Å². The first-order valence-electron chi connectivity index (χ1n) is 6.38. The molecular weight excluding hydrogens is 254 g/mol. The molecule has 2 aromatic rings. The minimum Gasteiger partial charge on any atom is -0.294 e. The molecule has 0 saturated carbocycles. The predicted octanol–water partition coefficient (Wildman–Crippen LogP) is 4.28. The summed E-state index contributed by atoms with van der Waals surface area (Å²) in [6, 6.07) is 14.1. The van der Waals surface area contributed by atoms with E-state index in [2.05, 4.69) is 17.1 Å². The lowest BCUT2D eigenvalue weighted by Crippen LogP contribution is -2.02. The van der Waals surface area contributed by atoms with E-state index >= 15 is 0 Å². The minimum atomic E-state index is 0.157. The summed E-state index contributed by atoms with van der Waals surface area (Å²) in [5.41, 5.74) is 2.84. The fourth-order valence-electron chi connectivity index (χ4n) is 1.84. The molecule has 2 rings (SSSR count). The standard InChI is InChI=1S/C16H17NOS/c1-3-15(18)14-9-10-16(17-12(14)2)19-11-13-7-5-4-6-8-13/h4-10H,3,11H2,1-2H3. The monoisotopic (exact) mass is 271 g/mol. The van der Waals surface area contributed by atoms with Crippen molar-refractivity contribution in [1.29, 1.82) is 0 Å². The number of Topliss-reactive ketones (excluding diaryl/α,β-unsaturated/α-hetero) is 1. The molecule has 0 spiro atoms. The molecule has 19 heavy (non-hydrogen) atoms. The summed E-state index contributed by atoms with van der Waals surface area (Å²) < 4.78 is 0. The number of hydrogen-bond donors (Lipinski definition) is 0. The molecule has 0 N–H and O–H groups in total. The van der Waals surface area contributed by atoms with Crippen LogP contribution >= 0.6 is 11.8 Å². The van der Waals surface area contributed by atoms with Crippen LogP contribution in [0.15, 0.2) is 47.5 Å². The van der Waals surface area contributed by atoms with Crippen molar-refractivity contribution in [2.24, 2.45) is 0 Å². The molecule has 1 aromatic carbocycles. The molecule has 0 fully saturated rings. The first-order valence-corrected chi connectivity index (χ1v) is 7.37. The highest BCUT2D eigenvalue weighted by Crippen LogP contribution is 2.22. The van der Waals surface area contributed by atoms with Crippen molar-refractivity contribution in [2.45, 2.75) is 31.0 Å². The lowest BCUT2D eigenvalue weighted by atomic mass is 10.1. The Hall–Kier alpha value is -1.61. The molecule has 98 valence electrons. The van der Waals surface area contributed by atoms with Gasteiger partial charge in [-0.3, -0.25) is 4.79 Å². The van der Waals surface area contributed by atoms with Crippen LogP contribution in [0.2, 0.25) is 0 Å². The molecular formula is C16H17NOS. The second-order valence-corrected chi connectivity index (χ2v) is 5.33. The van der Waals surface area contributed by atoms with Crippen molar-refractivity contribution in [3.8, 4) is 0 Å². The second-order valence-electron chi connectivity index (χ2n) is 4.33. The van der Waals surface area contributed by atoms with E-state index < -0.39 is 0 Å². The Kier molecular flexibility index (Phi) is 4.74. The van der Waals surface area contributed by atoms with Gasteiger partial charge in [0.15, 0.2) is 5.78 Å². The van der Waals surface area contributed by atoms with Crippen LogP contribution in [0.5, 0.6) is 0 Å². The number of rotatable bonds is 5. The van der Waals surface area contributed by atoms with E-state index in [1.807, 2.05) is 44.2 Å². The van der Waals surface area contributed by atoms with Crippen molar-refractivity contribution >= 4 is 17.5 Å². The van der Waals surface area contributed by atoms with Gasteiger partial charge in [-0.05, 0) is 24.6 Å². The number of aryl methyl sites for hydroxylation is 1. The Morgan fingerprint density at radius 1 is 1.16 bits per heavy atom. The summed E-state index contributed by atoms with van der Waals surface area (Å²) in [6.07, 6.45) is 0.527. The summed E-state index contributed by atoms with van der Waals surface area (Å²) >= 11 is 1.69. The Morgan fingerprint density at radius 2 is 1.89 bits per heavy atom. The Labute approximate surface area is 118 Å². The van der Waals surface area contributed by atoms with Gasteiger partial charge in [0.05, 0.1) is 5.03 Å². The van der Waals surface area contributed by atoms with E-state index in [-0.39, 0.29) is 5.78 Å². The highest BCUT2D eigenvalue weighted by Gasteiger charge is 2.08. The van der Waals surface area contributed by atoms with Crippen molar-refractivity contribution < 1.29 is 4.79 Å². The molecule has 2 nitrogen and oxygen atoms in total. The van der Waals surface area contributed by atoms with Gasteiger partial charge >= 0.3 is 0 Å². The summed E-state index contributed by atoms with van der Waals surface area (Å²) in [6.45, 7) is 3.77. The van der Waals surface area contributed by atoms with E-state index in [0.717, 1.165) is 22.0 Å². The molecule has 0 aliphatic rings. The largest absolute Gasteiger partial charge is 0.294 e. The fourth-order valence-corrected chi connectivity index (χ4v) is 2.71. The maximum absolute atomic E-state index is 11.7. The molecule has 0 aliphatic heterocycles. The number of carbonyl (C=O) groups excluding carboxylic acids is 1. The van der Waals surface area contributed by atoms with Crippen LogP contribution in [0.25, 0.3) is 0 Å². The fraction of sp³-hybridized carbons (Fsp3) is 0.250. The van der Waals surface area contributed by atoms with E-state index in [1.165, 1.54) is 5.56 Å². The maximum atomic E-state index is 11.7. The summed E-state index contributed by atoms with van der Waals surface area (Å²) in [5, 5.41) is 0.967. The summed E-state index contributed by atoms with van der Waals surface area (Å²) in [7, 11) is 0. The summed E-state index contributed by atoms with van der Waals surface area (Å²) in [4.78, 5) is 16.2. The molecule has 1 aromatic heterocycles. The second kappa shape index (κ2) is 6.53. The van der Waals surface area contributed by atoms with Crippen LogP contribution in [0.3, 0.4) is 0 Å². The quantitative estimate of drug-likeness (QED) is 0.600. The third-order valence-electron chi connectivity index (χ3n) is 2.91. The van der Waals surface area contributed by atoms with Gasteiger partial charge in [0.2, 0.25) is 0 Å². The number of nitrogens with zero attached hydrogens (tertiary/aromatic N) is 1. The van der Waals surface area contributed by atoms with Crippen LogP contribution in [0.1, 0.15) is 35.0 Å². The number of carbonyl (C=O) groups is 1. The first-order chi connectivity index (χ1) is 9.20. The molecule has 0 radical (unpaired) electrons. The zero-order valence-corrected chi connectivity index (χ0v) is 12.0. The number of pyridine rings is 1. The molecule has 0 aliphatic carbocycles. The molecule has 0 amide bonds. The van der Waals surface area contributed by atoms with E-state index in [1.54, 1.807) is 11.8 Å². The molecule has 0 bridgehead atoms. The van der Waals surface area contributed by atoms with Crippen molar-refractivity contribution in [3.05, 3.63) is 59.3 Å². The maximum Gasteiger partial charge on any atom is 0.164 e. The van der Waals surface area contributed by atoms with Crippen LogP contribution in [0.4, 0.5) is 0 Å². The van der Waals surface area contributed by atoms with Gasteiger partial charge in [0.25, 0.3) is 0 Å². The SMILES string of the molecule is CCC(=O)c1ccc(SCc2ccccc2)nc1C. The van der Waals surface area contributed by atoms with Crippen molar-refractivity contribution in [2.75, 3.05) is 0 Å². The molecule has 0 unspecified atom stereocenters. The third kappa shape index (κ3) is 3.67. The predicted molar refractivity (Wildman–Crippen MR) is 79.6 cm³/mol. The number of ketones is 1. The zero-order chi connectivity index (χ0) is 13.7. The molecule has 3 heteroatoms. The van der Waals surface area contributed by atoms with Gasteiger partial charge in [-0.15, -0.1) is 11.8 Å². The van der Waals surface area contributed by atoms with Crippen LogP contribution in [-0.4, -0.2) is 10.8 Å². The Bertz CT molecular complexity index is 566. The van der Waals surface area contributed by atoms with Crippen LogP contribution < -0.4 is 0 Å². The summed E-state index contributed by atoms with van der Waals surface area (Å²) in [5.74, 6) is 1.05. The smallest absolute Gasteiger partial charge is 0.164 e. The van der Waals surface area contributed by atoms with E-state index in [0.29, 0.717) is 6.42 Å². The van der Waals surface area contributed by atoms with Gasteiger partial charge in [-0.25, -0.2) is 4.98 Å². The van der Waals surface area contributed by atoms with E-state index in [4.69, 9.17) is 0 Å². The lowest BCUT2D eigenvalue weighted by molar-refractivity contribution is 0.0987. The Balaban J connectivity index is 2.06. The first kappa shape index (κ1) is 13.8. The molecule has 0 saturated heterocycles. The topological polar surface area (TPSA) is 30.0 Å². The van der Waals surface area contributed by atoms with Crippen LogP contribution in [-0.2, 0) is 5.75 Å². The molecule has 0 atom stereocenters. The minimum absolute atomic E-state index is 0.157. The average molecular weight is 271 g/mol. The highest BCUT2D eigenvalue weighted by atomic mass is 32.2. The number of hydrogen-bond acceptors (Lipinski definition) is 3. The lowest BCUT2D eigenvalue weighted by Gasteiger charge is -2.06. The van der Waals surface area contributed by atoms with Gasteiger partial charge in [0, 0.05) is 23.4 Å². The van der Waals surface area contributed by atoms with Gasteiger partial charge in [-0.1, -0.05) is 37.3 Å². The highest BCUT2D eigenvalue weighted by molar-refractivity contribution is 7.98. The van der Waals surface area contributed by atoms with Gasteiger partial charge < -0.3 is 0 Å². The Morgan fingerprint density at radius 3 is 2.53 bits per heavy atom. The van der Waals surface area contributed by atoms with Crippen molar-refractivity contribution in [3.63, 3.8) is 0 Å².